The average molecular weight is 373 g/mol. The van der Waals surface area contributed by atoms with E-state index in [2.05, 4.69) is 15.6 Å². The molecule has 0 spiro atoms. The minimum absolute atomic E-state index is 0.0132. The Kier molecular flexibility index (Phi) is 4.72. The Morgan fingerprint density at radius 2 is 2.08 bits per heavy atom. The predicted molar refractivity (Wildman–Crippen MR) is 103 cm³/mol. The first-order valence-electron chi connectivity index (χ1n) is 9.01. The summed E-state index contributed by atoms with van der Waals surface area (Å²) in [6.07, 6.45) is 5.34. The molecule has 26 heavy (non-hydrogen) atoms. The van der Waals surface area contributed by atoms with E-state index >= 15 is 0 Å². The van der Waals surface area contributed by atoms with Gasteiger partial charge in [-0.1, -0.05) is 17.4 Å². The monoisotopic (exact) mass is 373 g/mol. The normalized spacial score (nSPS) is 19.8. The topological polar surface area (TPSA) is 72.5 Å². The molecule has 0 bridgehead atoms. The van der Waals surface area contributed by atoms with E-state index in [1.807, 2.05) is 25.2 Å². The number of rotatable bonds is 5. The molecule has 1 saturated carbocycles. The summed E-state index contributed by atoms with van der Waals surface area (Å²) < 4.78 is 11.7. The van der Waals surface area contributed by atoms with Crippen molar-refractivity contribution in [3.63, 3.8) is 0 Å². The zero-order valence-corrected chi connectivity index (χ0v) is 15.8. The maximum atomic E-state index is 12.1. The van der Waals surface area contributed by atoms with Gasteiger partial charge in [-0.2, -0.15) is 0 Å². The Bertz CT molecular complexity index is 814. The number of amides is 1. The molecule has 1 aliphatic heterocycles. The first kappa shape index (κ1) is 17.1. The van der Waals surface area contributed by atoms with Gasteiger partial charge in [-0.25, -0.2) is 4.98 Å². The Morgan fingerprint density at radius 1 is 1.27 bits per heavy atom. The van der Waals surface area contributed by atoms with Crippen molar-refractivity contribution in [2.45, 2.75) is 44.1 Å². The second kappa shape index (κ2) is 7.15. The van der Waals surface area contributed by atoms with E-state index in [1.54, 1.807) is 18.4 Å². The van der Waals surface area contributed by atoms with Crippen LogP contribution in [0, 0.1) is 0 Å². The first-order chi connectivity index (χ1) is 12.7. The summed E-state index contributed by atoms with van der Waals surface area (Å²) in [7, 11) is 3.49. The van der Waals surface area contributed by atoms with Crippen molar-refractivity contribution in [3.8, 4) is 11.5 Å². The van der Waals surface area contributed by atoms with Gasteiger partial charge in [0.2, 0.25) is 5.91 Å². The van der Waals surface area contributed by atoms with Gasteiger partial charge in [0, 0.05) is 19.4 Å². The lowest BCUT2D eigenvalue weighted by atomic mass is 9.91. The van der Waals surface area contributed by atoms with Crippen LogP contribution in [0.4, 0.5) is 10.9 Å². The highest BCUT2D eigenvalue weighted by atomic mass is 32.1. The van der Waals surface area contributed by atoms with Crippen molar-refractivity contribution in [2.24, 2.45) is 0 Å². The molecule has 6 nitrogen and oxygen atoms in total. The number of nitrogens with zero attached hydrogens (tertiary/aromatic N) is 1. The van der Waals surface area contributed by atoms with Gasteiger partial charge in [0.1, 0.15) is 5.82 Å². The van der Waals surface area contributed by atoms with Gasteiger partial charge in [-0.3, -0.25) is 4.79 Å². The van der Waals surface area contributed by atoms with Gasteiger partial charge in [-0.05, 0) is 43.4 Å². The molecular weight excluding hydrogens is 350 g/mol. The number of carbonyl (C=O) groups excluding carboxylic acids is 1. The summed E-state index contributed by atoms with van der Waals surface area (Å²) in [6, 6.07) is 6.01. The minimum atomic E-state index is -0.0206. The maximum absolute atomic E-state index is 12.1. The van der Waals surface area contributed by atoms with Crippen molar-refractivity contribution in [1.29, 1.82) is 0 Å². The number of carbonyl (C=O) groups is 1. The molecule has 1 atom stereocenters. The summed E-state index contributed by atoms with van der Waals surface area (Å²) >= 11 is 1.58. The number of fused-ring (bicyclic) bond motifs is 1. The van der Waals surface area contributed by atoms with Crippen molar-refractivity contribution >= 4 is 28.2 Å². The van der Waals surface area contributed by atoms with Crippen molar-refractivity contribution < 1.29 is 14.3 Å². The van der Waals surface area contributed by atoms with Crippen LogP contribution in [0.1, 0.15) is 48.5 Å². The molecule has 2 heterocycles. The van der Waals surface area contributed by atoms with E-state index in [1.165, 1.54) is 12.8 Å². The maximum Gasteiger partial charge on any atom is 0.226 e. The van der Waals surface area contributed by atoms with E-state index in [4.69, 9.17) is 9.47 Å². The van der Waals surface area contributed by atoms with Crippen LogP contribution in [-0.4, -0.2) is 31.2 Å². The molecule has 0 unspecified atom stereocenters. The van der Waals surface area contributed by atoms with Gasteiger partial charge in [0.05, 0.1) is 18.1 Å². The quantitative estimate of drug-likeness (QED) is 0.829. The fourth-order valence-corrected chi connectivity index (χ4v) is 4.68. The largest absolute Gasteiger partial charge is 0.493 e. The second-order valence-corrected chi connectivity index (χ2v) is 7.75. The summed E-state index contributed by atoms with van der Waals surface area (Å²) in [6.45, 7) is 0. The van der Waals surface area contributed by atoms with E-state index in [0.29, 0.717) is 12.2 Å². The van der Waals surface area contributed by atoms with Crippen LogP contribution in [0.15, 0.2) is 18.2 Å². The van der Waals surface area contributed by atoms with Crippen LogP contribution < -0.4 is 20.1 Å². The average Bonchev–Trinajstić information content (AvgIpc) is 3.30. The SMILES string of the molecule is CNc1nc2c(s1)[C@@H](c1ccc(OC3CCCC3)c(OC)c1)CC(=O)N2. The lowest BCUT2D eigenvalue weighted by Gasteiger charge is -2.23. The number of thiazole rings is 1. The Morgan fingerprint density at radius 3 is 2.81 bits per heavy atom. The van der Waals surface area contributed by atoms with Gasteiger partial charge >= 0.3 is 0 Å². The molecule has 4 rings (SSSR count). The number of ether oxygens (including phenoxy) is 2. The van der Waals surface area contributed by atoms with Crippen LogP contribution in [0.2, 0.25) is 0 Å². The zero-order chi connectivity index (χ0) is 18.1. The lowest BCUT2D eigenvalue weighted by molar-refractivity contribution is -0.116. The molecule has 0 saturated heterocycles. The summed E-state index contributed by atoms with van der Waals surface area (Å²) in [5.74, 6) is 2.13. The molecule has 1 aliphatic carbocycles. The predicted octanol–water partition coefficient (Wildman–Crippen LogP) is 3.99. The molecule has 1 amide bonds. The third-order valence-corrected chi connectivity index (χ3v) is 6.20. The van der Waals surface area contributed by atoms with Crippen molar-refractivity contribution in [1.82, 2.24) is 4.98 Å². The van der Waals surface area contributed by atoms with E-state index in [9.17, 15) is 4.79 Å². The fraction of sp³-hybridized carbons (Fsp3) is 0.474. The van der Waals surface area contributed by atoms with Crippen molar-refractivity contribution in [3.05, 3.63) is 28.6 Å². The second-order valence-electron chi connectivity index (χ2n) is 6.72. The van der Waals surface area contributed by atoms with E-state index in [-0.39, 0.29) is 17.9 Å². The van der Waals surface area contributed by atoms with Crippen LogP contribution in [0.25, 0.3) is 0 Å². The first-order valence-corrected chi connectivity index (χ1v) is 9.82. The standard InChI is InChI=1S/C19H23N3O3S/c1-20-19-22-18-17(26-19)13(10-16(23)21-18)11-7-8-14(15(9-11)24-2)25-12-5-3-4-6-12/h7-9,12-13H,3-6,10H2,1-2H3,(H,20,22)(H,21,23)/t13-/m1/s1. The number of methoxy groups -OCH3 is 1. The highest BCUT2D eigenvalue weighted by Gasteiger charge is 2.31. The molecule has 7 heteroatoms. The number of aromatic nitrogens is 1. The van der Waals surface area contributed by atoms with Gasteiger partial charge in [0.25, 0.3) is 0 Å². The van der Waals surface area contributed by atoms with Crippen molar-refractivity contribution in [2.75, 3.05) is 24.8 Å². The number of anilines is 2. The highest BCUT2D eigenvalue weighted by Crippen LogP contribution is 2.44. The van der Waals surface area contributed by atoms with Gasteiger partial charge in [-0.15, -0.1) is 0 Å². The number of nitrogens with one attached hydrogen (secondary N) is 2. The Balaban J connectivity index is 1.65. The highest BCUT2D eigenvalue weighted by molar-refractivity contribution is 7.16. The number of hydrogen-bond acceptors (Lipinski definition) is 6. The lowest BCUT2D eigenvalue weighted by Crippen LogP contribution is -2.22. The fourth-order valence-electron chi connectivity index (χ4n) is 3.68. The molecule has 2 N–H and O–H groups in total. The molecule has 2 aromatic rings. The molecule has 1 fully saturated rings. The molecule has 1 aromatic carbocycles. The molecule has 138 valence electrons. The number of benzene rings is 1. The van der Waals surface area contributed by atoms with Gasteiger partial charge < -0.3 is 20.1 Å². The smallest absolute Gasteiger partial charge is 0.226 e. The minimum Gasteiger partial charge on any atom is -0.493 e. The summed E-state index contributed by atoms with van der Waals surface area (Å²) in [5, 5.41) is 6.72. The Labute approximate surface area is 156 Å². The van der Waals surface area contributed by atoms with E-state index < -0.39 is 0 Å². The van der Waals surface area contributed by atoms with Crippen LogP contribution in [-0.2, 0) is 4.79 Å². The third kappa shape index (κ3) is 3.23. The van der Waals surface area contributed by atoms with Crippen LogP contribution in [0.5, 0.6) is 11.5 Å². The van der Waals surface area contributed by atoms with Crippen LogP contribution in [0.3, 0.4) is 0 Å². The molecule has 0 radical (unpaired) electrons. The summed E-state index contributed by atoms with van der Waals surface area (Å²) in [5.41, 5.74) is 1.04. The molecule has 2 aliphatic rings. The Hall–Kier alpha value is -2.28. The molecule has 1 aromatic heterocycles. The van der Waals surface area contributed by atoms with E-state index in [0.717, 1.165) is 39.9 Å². The zero-order valence-electron chi connectivity index (χ0n) is 15.0. The third-order valence-electron chi connectivity index (χ3n) is 5.02. The van der Waals surface area contributed by atoms with Gasteiger partial charge in [0.15, 0.2) is 16.6 Å². The summed E-state index contributed by atoms with van der Waals surface area (Å²) in [4.78, 5) is 17.6. The van der Waals surface area contributed by atoms with Crippen LogP contribution >= 0.6 is 11.3 Å². The molecular formula is C19H23N3O3S. The number of hydrogen-bond donors (Lipinski definition) is 2.